The summed E-state index contributed by atoms with van der Waals surface area (Å²) in [6.07, 6.45) is 18.8. The van der Waals surface area contributed by atoms with E-state index in [1.54, 1.807) is 0 Å². The molecule has 0 N–H and O–H groups in total. The largest absolute Gasteiger partial charge is 0.344 e. The Labute approximate surface area is 246 Å². The molecule has 0 amide bonds. The third-order valence-corrected chi connectivity index (χ3v) is 8.83. The molecule has 4 heteroatoms. The van der Waals surface area contributed by atoms with Crippen LogP contribution in [0, 0.1) is 0 Å². The summed E-state index contributed by atoms with van der Waals surface area (Å²) in [5, 5.41) is 0. The quantitative estimate of drug-likeness (QED) is 0.196. The van der Waals surface area contributed by atoms with Crippen LogP contribution in [-0.2, 0) is 10.8 Å². The van der Waals surface area contributed by atoms with Gasteiger partial charge in [-0.25, -0.2) is 0 Å². The number of benzene rings is 2. The van der Waals surface area contributed by atoms with Gasteiger partial charge in [-0.15, -0.1) is 0 Å². The number of rotatable bonds is 9. The van der Waals surface area contributed by atoms with Crippen LogP contribution in [0.4, 0.5) is 11.4 Å². The van der Waals surface area contributed by atoms with Gasteiger partial charge in [-0.3, -0.25) is 0 Å². The smallest absolute Gasteiger partial charge is 0.209 e. The number of hydrogen-bond donors (Lipinski definition) is 0. The second-order valence-corrected chi connectivity index (χ2v) is 13.1. The van der Waals surface area contributed by atoms with Gasteiger partial charge in [0.2, 0.25) is 5.69 Å². The van der Waals surface area contributed by atoms with Gasteiger partial charge >= 0.3 is 0 Å². The van der Waals surface area contributed by atoms with E-state index in [-0.39, 0.29) is 10.8 Å². The van der Waals surface area contributed by atoms with Gasteiger partial charge in [-0.1, -0.05) is 96.4 Å². The van der Waals surface area contributed by atoms with Crippen molar-refractivity contribution >= 4 is 48.9 Å². The van der Waals surface area contributed by atoms with Crippen molar-refractivity contribution in [2.75, 3.05) is 18.0 Å². The first-order valence-corrected chi connectivity index (χ1v) is 15.5. The number of hydrogen-bond acceptors (Lipinski definition) is 1. The van der Waals surface area contributed by atoms with E-state index in [4.69, 9.17) is 0 Å². The molecule has 2 aromatic rings. The molecule has 0 bridgehead atoms. The number of unbranched alkanes of at least 4 members (excludes halogenated alkanes) is 1. The summed E-state index contributed by atoms with van der Waals surface area (Å²) in [6, 6.07) is 13.4. The van der Waals surface area contributed by atoms with Gasteiger partial charge in [0.1, 0.15) is 6.54 Å². The normalized spacial score (nSPS) is 19.1. The van der Waals surface area contributed by atoms with E-state index in [0.29, 0.717) is 0 Å². The van der Waals surface area contributed by atoms with E-state index in [9.17, 15) is 0 Å². The van der Waals surface area contributed by atoms with Gasteiger partial charge in [0, 0.05) is 56.4 Å². The van der Waals surface area contributed by atoms with Crippen LogP contribution >= 0.6 is 31.9 Å². The molecule has 2 aromatic carbocycles. The first kappa shape index (κ1) is 28.8. The van der Waals surface area contributed by atoms with Crippen molar-refractivity contribution in [3.8, 4) is 0 Å². The third kappa shape index (κ3) is 5.58. The summed E-state index contributed by atoms with van der Waals surface area (Å²) in [4.78, 5) is 2.51. The van der Waals surface area contributed by atoms with E-state index in [2.05, 4.69) is 162 Å². The Balaban J connectivity index is 1.53. The molecule has 2 aliphatic heterocycles. The Morgan fingerprint density at radius 2 is 1.45 bits per heavy atom. The minimum atomic E-state index is -0.0295. The fourth-order valence-electron chi connectivity index (χ4n) is 5.80. The van der Waals surface area contributed by atoms with Gasteiger partial charge in [0.15, 0.2) is 5.71 Å². The van der Waals surface area contributed by atoms with Gasteiger partial charge in [0.25, 0.3) is 0 Å². The molecular formula is C34H41Br2N2+. The van der Waals surface area contributed by atoms with Crippen LogP contribution in [0.1, 0.15) is 71.9 Å². The van der Waals surface area contributed by atoms with E-state index >= 15 is 0 Å². The predicted molar refractivity (Wildman–Crippen MR) is 172 cm³/mol. The Morgan fingerprint density at radius 1 is 0.789 bits per heavy atom. The Bertz CT molecular complexity index is 1340. The molecule has 2 aliphatic rings. The van der Waals surface area contributed by atoms with Crippen molar-refractivity contribution in [3.05, 3.63) is 105 Å². The van der Waals surface area contributed by atoms with E-state index in [1.807, 2.05) is 0 Å². The van der Waals surface area contributed by atoms with Gasteiger partial charge in [-0.2, -0.15) is 4.58 Å². The summed E-state index contributed by atoms with van der Waals surface area (Å²) in [5.74, 6) is 0. The maximum absolute atomic E-state index is 3.68. The molecule has 0 aromatic heterocycles. The fraction of sp³-hybridized carbons (Fsp3) is 0.382. The maximum atomic E-state index is 3.68. The molecule has 200 valence electrons. The lowest BCUT2D eigenvalue weighted by Gasteiger charge is -2.27. The first-order chi connectivity index (χ1) is 18.1. The van der Waals surface area contributed by atoms with Crippen molar-refractivity contribution in [1.29, 1.82) is 0 Å². The van der Waals surface area contributed by atoms with Crippen LogP contribution < -0.4 is 4.90 Å². The SMILES string of the molecule is CCCCN1/C(=C/C=C/C=C/C=C/C2=[N+](CCC)c3ccc(Br)cc3C2(C)C)C(C)(C)c2cc(Br)ccc21. The van der Waals surface area contributed by atoms with Crippen molar-refractivity contribution < 1.29 is 4.58 Å². The third-order valence-electron chi connectivity index (χ3n) is 7.84. The lowest BCUT2D eigenvalue weighted by atomic mass is 9.81. The first-order valence-electron chi connectivity index (χ1n) is 13.9. The molecule has 0 aliphatic carbocycles. The van der Waals surface area contributed by atoms with Gasteiger partial charge in [-0.05, 0) is 62.2 Å². The minimum Gasteiger partial charge on any atom is -0.344 e. The topological polar surface area (TPSA) is 6.25 Å². The highest BCUT2D eigenvalue weighted by Gasteiger charge is 2.44. The minimum absolute atomic E-state index is 0.0289. The maximum Gasteiger partial charge on any atom is 0.209 e. The number of allylic oxidation sites excluding steroid dienone is 8. The molecule has 4 rings (SSSR count). The van der Waals surface area contributed by atoms with E-state index < -0.39 is 0 Å². The second kappa shape index (κ2) is 11.9. The number of halogens is 2. The molecule has 0 unspecified atom stereocenters. The van der Waals surface area contributed by atoms with Crippen molar-refractivity contribution in [2.45, 2.75) is 71.6 Å². The van der Waals surface area contributed by atoms with Crippen molar-refractivity contribution in [2.24, 2.45) is 0 Å². The van der Waals surface area contributed by atoms with Crippen LogP contribution in [0.2, 0.25) is 0 Å². The van der Waals surface area contributed by atoms with E-state index in [1.165, 1.54) is 46.8 Å². The summed E-state index contributed by atoms with van der Waals surface area (Å²) in [6.45, 7) is 15.9. The number of nitrogens with zero attached hydrogens (tertiary/aromatic N) is 2. The van der Waals surface area contributed by atoms with Crippen LogP contribution in [0.3, 0.4) is 0 Å². The highest BCUT2D eigenvalue weighted by molar-refractivity contribution is 9.10. The summed E-state index contributed by atoms with van der Waals surface area (Å²) < 4.78 is 4.76. The number of anilines is 1. The van der Waals surface area contributed by atoms with Crippen LogP contribution in [-0.4, -0.2) is 23.4 Å². The molecule has 0 saturated heterocycles. The molecule has 0 atom stereocenters. The monoisotopic (exact) mass is 635 g/mol. The van der Waals surface area contributed by atoms with Crippen molar-refractivity contribution in [3.63, 3.8) is 0 Å². The Kier molecular flexibility index (Phi) is 9.04. The zero-order valence-corrected chi connectivity index (χ0v) is 26.9. The standard InChI is InChI=1S/C34H41Br2N2/c1-7-9-22-38-30-20-18-26(36)24-28(30)34(5,6)32(38)16-14-12-10-11-13-15-31-33(3,4)27-23-25(35)17-19-29(27)37(31)21-8-2/h10-20,23-24H,7-9,21-22H2,1-6H3/q+1. The number of fused-ring (bicyclic) bond motifs is 2. The average molecular weight is 638 g/mol. The summed E-state index contributed by atoms with van der Waals surface area (Å²) in [5.41, 5.74) is 8.10. The zero-order chi connectivity index (χ0) is 27.5. The fourth-order valence-corrected chi connectivity index (χ4v) is 6.53. The molecule has 0 radical (unpaired) electrons. The summed E-state index contributed by atoms with van der Waals surface area (Å²) >= 11 is 7.35. The molecule has 0 fully saturated rings. The molecule has 2 nitrogen and oxygen atoms in total. The molecule has 38 heavy (non-hydrogen) atoms. The average Bonchev–Trinajstić information content (AvgIpc) is 3.20. The van der Waals surface area contributed by atoms with Crippen LogP contribution in [0.15, 0.2) is 93.6 Å². The Hall–Kier alpha value is -2.17. The molecule has 0 saturated carbocycles. The molecular weight excluding hydrogens is 596 g/mol. The molecule has 2 heterocycles. The lowest BCUT2D eigenvalue weighted by Crippen LogP contribution is -2.27. The summed E-state index contributed by atoms with van der Waals surface area (Å²) in [7, 11) is 0. The Morgan fingerprint density at radius 3 is 2.16 bits per heavy atom. The second-order valence-electron chi connectivity index (χ2n) is 11.3. The van der Waals surface area contributed by atoms with Crippen molar-refractivity contribution in [1.82, 2.24) is 0 Å². The van der Waals surface area contributed by atoms with E-state index in [0.717, 1.165) is 28.5 Å². The zero-order valence-electron chi connectivity index (χ0n) is 23.7. The van der Waals surface area contributed by atoms with Crippen LogP contribution in [0.25, 0.3) is 0 Å². The highest BCUT2D eigenvalue weighted by atomic mass is 79.9. The predicted octanol–water partition coefficient (Wildman–Crippen LogP) is 10.1. The lowest BCUT2D eigenvalue weighted by molar-refractivity contribution is -0.437. The molecule has 0 spiro atoms. The highest BCUT2D eigenvalue weighted by Crippen LogP contribution is 2.48. The van der Waals surface area contributed by atoms with Gasteiger partial charge in [0.05, 0.1) is 5.41 Å². The van der Waals surface area contributed by atoms with Gasteiger partial charge < -0.3 is 4.90 Å². The van der Waals surface area contributed by atoms with Crippen LogP contribution in [0.5, 0.6) is 0 Å².